The third-order valence-corrected chi connectivity index (χ3v) is 7.42. The van der Waals surface area contributed by atoms with Gasteiger partial charge in [-0.3, -0.25) is 0 Å². The van der Waals surface area contributed by atoms with Gasteiger partial charge < -0.3 is 0 Å². The highest BCUT2D eigenvalue weighted by molar-refractivity contribution is 7.87. The molecule has 0 atom stereocenters. The van der Waals surface area contributed by atoms with Gasteiger partial charge >= 0.3 is 20.4 Å². The van der Waals surface area contributed by atoms with Crippen LogP contribution in [0.25, 0.3) is 0 Å². The summed E-state index contributed by atoms with van der Waals surface area (Å²) in [6, 6.07) is 7.09. The van der Waals surface area contributed by atoms with Crippen LogP contribution < -0.4 is 0 Å². The van der Waals surface area contributed by atoms with Crippen molar-refractivity contribution in [3.05, 3.63) is 71.8 Å². The Hall–Kier alpha value is -3.42. The van der Waals surface area contributed by atoms with Crippen molar-refractivity contribution in [2.45, 2.75) is 0 Å². The van der Waals surface area contributed by atoms with Gasteiger partial charge in [-0.05, 0) is 30.0 Å². The first kappa shape index (κ1) is 23.2. The summed E-state index contributed by atoms with van der Waals surface area (Å²) in [5, 5.41) is 0. The van der Waals surface area contributed by atoms with Crippen molar-refractivity contribution in [1.29, 1.82) is 0 Å². The molecule has 0 saturated carbocycles. The topological polar surface area (TPSA) is 110 Å². The van der Waals surface area contributed by atoms with Gasteiger partial charge in [-0.1, -0.05) is 17.9 Å². The van der Waals surface area contributed by atoms with Gasteiger partial charge in [-0.25, -0.2) is 17.9 Å². The highest BCUT2D eigenvalue weighted by Crippen LogP contribution is 2.07. The van der Waals surface area contributed by atoms with Crippen molar-refractivity contribution in [2.24, 2.45) is 0 Å². The summed E-state index contributed by atoms with van der Waals surface area (Å²) in [6.45, 7) is 0. The van der Waals surface area contributed by atoms with Gasteiger partial charge in [0.25, 0.3) is 0 Å². The zero-order valence-corrected chi connectivity index (χ0v) is 19.4. The summed E-state index contributed by atoms with van der Waals surface area (Å²) in [4.78, 5) is 8.01. The third kappa shape index (κ3) is 5.07. The second-order valence-corrected chi connectivity index (χ2v) is 10.9. The Kier molecular flexibility index (Phi) is 6.52. The van der Waals surface area contributed by atoms with E-state index in [1.807, 2.05) is 0 Å². The first-order chi connectivity index (χ1) is 15.0. The zero-order valence-electron chi connectivity index (χ0n) is 17.8. The minimum atomic E-state index is -3.64. The maximum absolute atomic E-state index is 12.1. The lowest BCUT2D eigenvalue weighted by molar-refractivity contribution is 0.509. The largest absolute Gasteiger partial charge is 0.308 e. The van der Waals surface area contributed by atoms with E-state index in [0.29, 0.717) is 22.5 Å². The summed E-state index contributed by atoms with van der Waals surface area (Å²) >= 11 is 0. The molecule has 1 aromatic carbocycles. The highest BCUT2D eigenvalue weighted by atomic mass is 32.2. The molecule has 0 aliphatic heterocycles. The highest BCUT2D eigenvalue weighted by Gasteiger charge is 2.17. The number of hydrogen-bond donors (Lipinski definition) is 0. The van der Waals surface area contributed by atoms with E-state index in [0.717, 1.165) is 16.6 Å². The van der Waals surface area contributed by atoms with Crippen LogP contribution in [-0.4, -0.2) is 71.5 Å². The molecule has 3 aromatic rings. The van der Waals surface area contributed by atoms with Gasteiger partial charge in [0.2, 0.25) is 0 Å². The van der Waals surface area contributed by atoms with Crippen LogP contribution in [-0.2, 0) is 20.4 Å². The predicted octanol–water partition coefficient (Wildman–Crippen LogP) is 0.188. The molecule has 2 aromatic heterocycles. The van der Waals surface area contributed by atoms with E-state index < -0.39 is 20.4 Å². The van der Waals surface area contributed by atoms with Crippen LogP contribution >= 0.6 is 0 Å². The number of imidazole rings is 2. The molecule has 0 saturated heterocycles. The lowest BCUT2D eigenvalue weighted by Crippen LogP contribution is -2.27. The van der Waals surface area contributed by atoms with E-state index in [-0.39, 0.29) is 0 Å². The van der Waals surface area contributed by atoms with Gasteiger partial charge in [0.1, 0.15) is 24.0 Å². The number of benzene rings is 1. The predicted molar refractivity (Wildman–Crippen MR) is 119 cm³/mol. The Bertz CT molecular complexity index is 1370. The van der Waals surface area contributed by atoms with Gasteiger partial charge in [0.05, 0.1) is 12.4 Å². The van der Waals surface area contributed by atoms with Crippen molar-refractivity contribution in [3.8, 4) is 23.7 Å². The van der Waals surface area contributed by atoms with Crippen molar-refractivity contribution in [2.75, 3.05) is 28.2 Å². The first-order valence-electron chi connectivity index (χ1n) is 9.08. The molecule has 10 nitrogen and oxygen atoms in total. The van der Waals surface area contributed by atoms with E-state index in [9.17, 15) is 16.8 Å². The van der Waals surface area contributed by atoms with E-state index >= 15 is 0 Å². The van der Waals surface area contributed by atoms with Crippen LogP contribution in [0.4, 0.5) is 0 Å². The molecule has 0 fully saturated rings. The molecule has 0 amide bonds. The smallest absolute Gasteiger partial charge is 0.227 e. The minimum absolute atomic E-state index is 0.305. The van der Waals surface area contributed by atoms with Crippen LogP contribution in [0.15, 0.2) is 49.3 Å². The summed E-state index contributed by atoms with van der Waals surface area (Å²) < 4.78 is 52.5. The van der Waals surface area contributed by atoms with E-state index in [1.54, 1.807) is 24.3 Å². The molecule has 0 aliphatic rings. The molecule has 0 bridgehead atoms. The zero-order chi connectivity index (χ0) is 23.5. The maximum atomic E-state index is 12.1. The molecule has 166 valence electrons. The van der Waals surface area contributed by atoms with E-state index in [1.165, 1.54) is 53.2 Å². The fourth-order valence-corrected chi connectivity index (χ4v) is 3.87. The molecule has 0 N–H and O–H groups in total. The minimum Gasteiger partial charge on any atom is -0.227 e. The molecular formula is C20H20N6O4S2. The molecule has 3 rings (SSSR count). The van der Waals surface area contributed by atoms with Gasteiger partial charge in [0, 0.05) is 39.3 Å². The second-order valence-electron chi connectivity index (χ2n) is 6.84. The average molecular weight is 473 g/mol. The van der Waals surface area contributed by atoms with E-state index in [4.69, 9.17) is 0 Å². The Labute approximate surface area is 187 Å². The monoisotopic (exact) mass is 472 g/mol. The quantitative estimate of drug-likeness (QED) is 0.502. The lowest BCUT2D eigenvalue weighted by atomic mass is 10.1. The lowest BCUT2D eigenvalue weighted by Gasteiger charge is -2.10. The van der Waals surface area contributed by atoms with Crippen LogP contribution in [0.5, 0.6) is 0 Å². The molecule has 0 aliphatic carbocycles. The Morgan fingerprint density at radius 3 is 1.50 bits per heavy atom. The molecule has 0 spiro atoms. The van der Waals surface area contributed by atoms with Gasteiger partial charge in [-0.2, -0.15) is 25.4 Å². The maximum Gasteiger partial charge on any atom is 0.308 e. The molecular weight excluding hydrogens is 452 g/mol. The fourth-order valence-electron chi connectivity index (χ4n) is 2.32. The molecule has 12 heteroatoms. The normalized spacial score (nSPS) is 11.7. The Balaban J connectivity index is 1.80. The van der Waals surface area contributed by atoms with Gasteiger partial charge in [-0.15, -0.1) is 0 Å². The van der Waals surface area contributed by atoms with Crippen molar-refractivity contribution in [3.63, 3.8) is 0 Å². The van der Waals surface area contributed by atoms with E-state index in [2.05, 4.69) is 33.6 Å². The third-order valence-electron chi connectivity index (χ3n) is 4.11. The number of nitrogens with zero attached hydrogens (tertiary/aromatic N) is 6. The van der Waals surface area contributed by atoms with Crippen LogP contribution in [0.1, 0.15) is 22.5 Å². The van der Waals surface area contributed by atoms with Gasteiger partial charge in [0.15, 0.2) is 0 Å². The van der Waals surface area contributed by atoms with Crippen LogP contribution in [0, 0.1) is 23.7 Å². The number of rotatable bonds is 4. The second kappa shape index (κ2) is 8.98. The summed E-state index contributed by atoms with van der Waals surface area (Å²) in [5.41, 5.74) is 1.92. The van der Waals surface area contributed by atoms with Crippen LogP contribution in [0.2, 0.25) is 0 Å². The summed E-state index contributed by atoms with van der Waals surface area (Å²) in [6.07, 6.45) is 5.06. The molecule has 32 heavy (non-hydrogen) atoms. The first-order valence-corrected chi connectivity index (χ1v) is 11.9. The SMILES string of the molecule is CN(C)S(=O)(=O)n1cnc(C#Cc2cccc(C#Cc3cn(S(=O)(=O)N(C)C)cn3)c2)c1. The summed E-state index contributed by atoms with van der Waals surface area (Å²) in [7, 11) is -1.56. The fraction of sp³-hybridized carbons (Fsp3) is 0.200. The number of hydrogen-bond acceptors (Lipinski definition) is 6. The number of aromatic nitrogens is 4. The summed E-state index contributed by atoms with van der Waals surface area (Å²) in [5.74, 6) is 11.5. The standard InChI is InChI=1S/C20H20N6O4S2/c1-23(2)31(27,28)25-13-19(21-15-25)10-8-17-6-5-7-18(12-17)9-11-20-14-26(16-22-20)32(29,30)24(3)4/h5-7,12-16H,1-4H3. The molecule has 0 radical (unpaired) electrons. The Morgan fingerprint density at radius 1 is 0.719 bits per heavy atom. The van der Waals surface area contributed by atoms with Crippen molar-refractivity contribution < 1.29 is 16.8 Å². The Morgan fingerprint density at radius 2 is 1.12 bits per heavy atom. The average Bonchev–Trinajstić information content (AvgIpc) is 3.41. The molecule has 0 unspecified atom stereocenters. The van der Waals surface area contributed by atoms with Crippen LogP contribution in [0.3, 0.4) is 0 Å². The van der Waals surface area contributed by atoms with Crippen molar-refractivity contribution >= 4 is 20.4 Å². The molecule has 2 heterocycles. The van der Waals surface area contributed by atoms with Crippen molar-refractivity contribution in [1.82, 2.24) is 26.5 Å².